The highest BCUT2D eigenvalue weighted by Gasteiger charge is 2.27. The van der Waals surface area contributed by atoms with Gasteiger partial charge in [0.1, 0.15) is 17.7 Å². The predicted molar refractivity (Wildman–Crippen MR) is 70.2 cm³/mol. The molecule has 0 saturated heterocycles. The second kappa shape index (κ2) is 4.67. The van der Waals surface area contributed by atoms with E-state index in [9.17, 15) is 9.18 Å². The lowest BCUT2D eigenvalue weighted by Crippen LogP contribution is -2.20. The molecule has 96 valence electrons. The predicted octanol–water partition coefficient (Wildman–Crippen LogP) is 4.19. The number of hydrogen-bond donors (Lipinski definition) is 0. The van der Waals surface area contributed by atoms with Crippen LogP contribution in [0.3, 0.4) is 0 Å². The molecule has 1 aliphatic rings. The summed E-state index contributed by atoms with van der Waals surface area (Å²) in [5, 5.41) is 0.500. The van der Waals surface area contributed by atoms with Crippen LogP contribution in [-0.4, -0.2) is 5.78 Å². The van der Waals surface area contributed by atoms with Gasteiger partial charge in [0, 0.05) is 5.02 Å². The third-order valence-corrected chi connectivity index (χ3v) is 3.34. The van der Waals surface area contributed by atoms with Crippen molar-refractivity contribution in [2.75, 3.05) is 0 Å². The summed E-state index contributed by atoms with van der Waals surface area (Å²) >= 11 is 5.86. The minimum atomic E-state index is -0.447. The number of benzene rings is 2. The minimum Gasteiger partial charge on any atom is -0.484 e. The van der Waals surface area contributed by atoms with Gasteiger partial charge in [0.15, 0.2) is 5.78 Å². The molecule has 1 aliphatic heterocycles. The van der Waals surface area contributed by atoms with E-state index in [-0.39, 0.29) is 18.0 Å². The first kappa shape index (κ1) is 12.2. The molecule has 0 spiro atoms. The number of Topliss-reactive ketones (excluding diaryl/α,β-unsaturated/α-hetero) is 1. The van der Waals surface area contributed by atoms with Gasteiger partial charge in [-0.25, -0.2) is 4.39 Å². The third kappa shape index (κ3) is 2.34. The molecule has 2 aromatic carbocycles. The topological polar surface area (TPSA) is 26.3 Å². The molecule has 1 atom stereocenters. The molecule has 0 aromatic heterocycles. The van der Waals surface area contributed by atoms with E-state index in [2.05, 4.69) is 0 Å². The van der Waals surface area contributed by atoms with Crippen molar-refractivity contribution in [2.45, 2.75) is 12.5 Å². The molecule has 1 heterocycles. The Hall–Kier alpha value is -1.87. The molecule has 19 heavy (non-hydrogen) atoms. The Morgan fingerprint density at radius 3 is 2.84 bits per heavy atom. The first-order valence-electron chi connectivity index (χ1n) is 5.88. The average Bonchev–Trinajstić information content (AvgIpc) is 2.39. The van der Waals surface area contributed by atoms with E-state index < -0.39 is 6.10 Å². The first-order chi connectivity index (χ1) is 9.13. The fraction of sp³-hybridized carbons (Fsp3) is 0.133. The van der Waals surface area contributed by atoms with Crippen LogP contribution in [0.4, 0.5) is 4.39 Å². The van der Waals surface area contributed by atoms with Crippen molar-refractivity contribution in [3.63, 3.8) is 0 Å². The largest absolute Gasteiger partial charge is 0.484 e. The van der Waals surface area contributed by atoms with Gasteiger partial charge < -0.3 is 4.74 Å². The zero-order chi connectivity index (χ0) is 13.4. The summed E-state index contributed by atoms with van der Waals surface area (Å²) in [6.45, 7) is 0. The van der Waals surface area contributed by atoms with Crippen molar-refractivity contribution in [3.8, 4) is 5.75 Å². The Balaban J connectivity index is 1.97. The zero-order valence-electron chi connectivity index (χ0n) is 9.90. The Labute approximate surface area is 114 Å². The van der Waals surface area contributed by atoms with Gasteiger partial charge in [-0.2, -0.15) is 0 Å². The Bertz CT molecular complexity index is 654. The van der Waals surface area contributed by atoms with Gasteiger partial charge in [0.2, 0.25) is 0 Å². The van der Waals surface area contributed by atoms with Gasteiger partial charge in [-0.1, -0.05) is 23.7 Å². The van der Waals surface area contributed by atoms with Crippen LogP contribution in [0.2, 0.25) is 5.02 Å². The quantitative estimate of drug-likeness (QED) is 0.781. The van der Waals surface area contributed by atoms with Gasteiger partial charge in [-0.3, -0.25) is 4.79 Å². The summed E-state index contributed by atoms with van der Waals surface area (Å²) in [4.78, 5) is 12.1. The van der Waals surface area contributed by atoms with E-state index in [1.54, 1.807) is 30.3 Å². The van der Waals surface area contributed by atoms with E-state index in [0.29, 0.717) is 21.9 Å². The maximum atomic E-state index is 13.2. The fourth-order valence-electron chi connectivity index (χ4n) is 2.19. The molecule has 2 aromatic rings. The van der Waals surface area contributed by atoms with Crippen molar-refractivity contribution in [3.05, 3.63) is 64.4 Å². The summed E-state index contributed by atoms with van der Waals surface area (Å²) in [7, 11) is 0. The van der Waals surface area contributed by atoms with Crippen LogP contribution in [0.1, 0.15) is 28.4 Å². The summed E-state index contributed by atoms with van der Waals surface area (Å²) in [6, 6.07) is 11.0. The second-order valence-corrected chi connectivity index (χ2v) is 4.87. The fourth-order valence-corrected chi connectivity index (χ4v) is 2.36. The van der Waals surface area contributed by atoms with Crippen LogP contribution < -0.4 is 4.74 Å². The van der Waals surface area contributed by atoms with E-state index >= 15 is 0 Å². The lowest BCUT2D eigenvalue weighted by molar-refractivity contribution is 0.0849. The van der Waals surface area contributed by atoms with Crippen LogP contribution in [0, 0.1) is 5.82 Å². The molecule has 0 N–H and O–H groups in total. The molecule has 0 bridgehead atoms. The molecule has 0 amide bonds. The maximum absolute atomic E-state index is 13.2. The second-order valence-electron chi connectivity index (χ2n) is 4.43. The molecular formula is C15H10ClFO2. The van der Waals surface area contributed by atoms with Crippen molar-refractivity contribution in [2.24, 2.45) is 0 Å². The number of hydrogen-bond acceptors (Lipinski definition) is 2. The molecule has 2 nitrogen and oxygen atoms in total. The highest BCUT2D eigenvalue weighted by atomic mass is 35.5. The summed E-state index contributed by atoms with van der Waals surface area (Å²) in [6.07, 6.45) is -0.256. The Morgan fingerprint density at radius 1 is 1.21 bits per heavy atom. The molecule has 0 saturated carbocycles. The van der Waals surface area contributed by atoms with Gasteiger partial charge in [-0.15, -0.1) is 0 Å². The normalized spacial score (nSPS) is 17.8. The minimum absolute atomic E-state index is 0.0435. The lowest BCUT2D eigenvalue weighted by Gasteiger charge is -2.25. The summed E-state index contributed by atoms with van der Waals surface area (Å²) in [5.74, 6) is 0.114. The van der Waals surface area contributed by atoms with Crippen LogP contribution in [0.15, 0.2) is 42.5 Å². The van der Waals surface area contributed by atoms with Crippen molar-refractivity contribution in [1.82, 2.24) is 0 Å². The van der Waals surface area contributed by atoms with Gasteiger partial charge in [-0.05, 0) is 35.9 Å². The monoisotopic (exact) mass is 276 g/mol. The Kier molecular flexibility index (Phi) is 2.99. The van der Waals surface area contributed by atoms with Crippen LogP contribution in [0.5, 0.6) is 5.75 Å². The van der Waals surface area contributed by atoms with Crippen LogP contribution >= 0.6 is 11.6 Å². The summed E-state index contributed by atoms with van der Waals surface area (Å²) < 4.78 is 19.0. The van der Waals surface area contributed by atoms with Crippen molar-refractivity contribution in [1.29, 1.82) is 0 Å². The SMILES string of the molecule is O=C1CC(c2cccc(F)c2)Oc2ccc(Cl)cc21. The number of carbonyl (C=O) groups is 1. The molecule has 3 rings (SSSR count). The van der Waals surface area contributed by atoms with E-state index in [1.807, 2.05) is 0 Å². The first-order valence-corrected chi connectivity index (χ1v) is 6.26. The van der Waals surface area contributed by atoms with Gasteiger partial charge in [0.05, 0.1) is 12.0 Å². The Morgan fingerprint density at radius 2 is 2.05 bits per heavy atom. The molecule has 0 radical (unpaired) electrons. The number of fused-ring (bicyclic) bond motifs is 1. The van der Waals surface area contributed by atoms with Crippen molar-refractivity contribution < 1.29 is 13.9 Å². The molecule has 4 heteroatoms. The summed E-state index contributed by atoms with van der Waals surface area (Å²) in [5.41, 5.74) is 1.15. The number of rotatable bonds is 1. The number of ether oxygens (including phenoxy) is 1. The standard InChI is InChI=1S/C15H10ClFO2/c16-10-4-5-14-12(7-10)13(18)8-15(19-14)9-2-1-3-11(17)6-9/h1-7,15H,8H2. The molecule has 0 fully saturated rings. The highest BCUT2D eigenvalue weighted by molar-refractivity contribution is 6.31. The maximum Gasteiger partial charge on any atom is 0.170 e. The zero-order valence-corrected chi connectivity index (χ0v) is 10.7. The van der Waals surface area contributed by atoms with Crippen molar-refractivity contribution >= 4 is 17.4 Å². The molecule has 1 unspecified atom stereocenters. The van der Waals surface area contributed by atoms with E-state index in [1.165, 1.54) is 12.1 Å². The van der Waals surface area contributed by atoms with E-state index in [0.717, 1.165) is 0 Å². The number of ketones is 1. The highest BCUT2D eigenvalue weighted by Crippen LogP contribution is 2.36. The molecular weight excluding hydrogens is 267 g/mol. The van der Waals surface area contributed by atoms with Gasteiger partial charge >= 0.3 is 0 Å². The van der Waals surface area contributed by atoms with Gasteiger partial charge in [0.25, 0.3) is 0 Å². The smallest absolute Gasteiger partial charge is 0.170 e. The van der Waals surface area contributed by atoms with Crippen LogP contribution in [0.25, 0.3) is 0 Å². The van der Waals surface area contributed by atoms with E-state index in [4.69, 9.17) is 16.3 Å². The number of carbonyl (C=O) groups excluding carboxylic acids is 1. The number of halogens is 2. The third-order valence-electron chi connectivity index (χ3n) is 3.10. The average molecular weight is 277 g/mol. The lowest BCUT2D eigenvalue weighted by atomic mass is 9.96. The molecule has 0 aliphatic carbocycles. The van der Waals surface area contributed by atoms with Crippen LogP contribution in [-0.2, 0) is 0 Å².